The van der Waals surface area contributed by atoms with E-state index in [4.69, 9.17) is 0 Å². The van der Waals surface area contributed by atoms with Gasteiger partial charge >= 0.3 is 0 Å². The molecule has 1 aliphatic carbocycles. The third-order valence-corrected chi connectivity index (χ3v) is 3.58. The summed E-state index contributed by atoms with van der Waals surface area (Å²) < 4.78 is 0. The van der Waals surface area contributed by atoms with Crippen LogP contribution in [0.2, 0.25) is 0 Å². The Bertz CT molecular complexity index is 422. The molecule has 1 fully saturated rings. The van der Waals surface area contributed by atoms with Crippen molar-refractivity contribution in [3.8, 4) is 0 Å². The number of hydrogen-bond acceptors (Lipinski definition) is 3. The molecular weight excluding hydrogens is 230 g/mol. The van der Waals surface area contributed by atoms with Crippen LogP contribution in [0.5, 0.6) is 0 Å². The molecule has 18 heavy (non-hydrogen) atoms. The molecule has 0 atom stereocenters. The van der Waals surface area contributed by atoms with Gasteiger partial charge in [-0.25, -0.2) is 0 Å². The number of hydrogen-bond donors (Lipinski definition) is 2. The molecule has 1 saturated carbocycles. The number of amides is 1. The zero-order valence-electron chi connectivity index (χ0n) is 11.1. The van der Waals surface area contributed by atoms with Crippen molar-refractivity contribution in [2.24, 2.45) is 0 Å². The molecule has 5 nitrogen and oxygen atoms in total. The van der Waals surface area contributed by atoms with Crippen LogP contribution in [0.3, 0.4) is 0 Å². The van der Waals surface area contributed by atoms with Crippen LogP contribution in [0.1, 0.15) is 37.1 Å². The first-order valence-electron chi connectivity index (χ1n) is 6.46. The summed E-state index contributed by atoms with van der Waals surface area (Å²) in [4.78, 5) is 13.6. The number of carbonyl (C=O) groups is 1. The summed E-state index contributed by atoms with van der Waals surface area (Å²) >= 11 is 0. The first kappa shape index (κ1) is 13.1. The maximum Gasteiger partial charge on any atom is 0.228 e. The Labute approximate surface area is 107 Å². The number of aryl methyl sites for hydroxylation is 1. The number of carbonyl (C=O) groups excluding carboxylic acids is 1. The van der Waals surface area contributed by atoms with Crippen molar-refractivity contribution in [3.63, 3.8) is 0 Å². The largest absolute Gasteiger partial charge is 0.388 e. The molecule has 1 aromatic heterocycles. The van der Waals surface area contributed by atoms with E-state index in [1.54, 1.807) is 11.9 Å². The van der Waals surface area contributed by atoms with Crippen LogP contribution >= 0.6 is 0 Å². The smallest absolute Gasteiger partial charge is 0.228 e. The Kier molecular flexibility index (Phi) is 3.71. The lowest BCUT2D eigenvalue weighted by Crippen LogP contribution is -2.42. The Balaban J connectivity index is 1.88. The van der Waals surface area contributed by atoms with Gasteiger partial charge in [-0.15, -0.1) is 0 Å². The summed E-state index contributed by atoms with van der Waals surface area (Å²) in [5.41, 5.74) is 1.03. The van der Waals surface area contributed by atoms with E-state index in [2.05, 4.69) is 10.2 Å². The molecule has 0 radical (unpaired) electrons. The summed E-state index contributed by atoms with van der Waals surface area (Å²) in [5.74, 6) is 0.00169. The standard InChI is InChI=1S/C13H21N3O2/c1-10-7-11(15-14-10)8-12(17)16(2)9-13(18)5-3-4-6-13/h7,18H,3-6,8-9H2,1-2H3,(H,14,15). The van der Waals surface area contributed by atoms with Crippen LogP contribution in [-0.4, -0.2) is 45.3 Å². The fourth-order valence-electron chi connectivity index (χ4n) is 2.58. The normalized spacial score (nSPS) is 17.9. The van der Waals surface area contributed by atoms with Gasteiger partial charge in [-0.1, -0.05) is 12.8 Å². The van der Waals surface area contributed by atoms with E-state index < -0.39 is 5.60 Å². The highest BCUT2D eigenvalue weighted by molar-refractivity contribution is 5.78. The van der Waals surface area contributed by atoms with Crippen LogP contribution in [0.15, 0.2) is 6.07 Å². The van der Waals surface area contributed by atoms with Crippen molar-refractivity contribution in [1.82, 2.24) is 15.1 Å². The van der Waals surface area contributed by atoms with E-state index in [-0.39, 0.29) is 12.3 Å². The summed E-state index contributed by atoms with van der Waals surface area (Å²) in [6, 6.07) is 1.87. The van der Waals surface area contributed by atoms with Gasteiger partial charge in [0.15, 0.2) is 0 Å². The minimum absolute atomic E-state index is 0.00169. The van der Waals surface area contributed by atoms with Crippen LogP contribution < -0.4 is 0 Å². The predicted octanol–water partition coefficient (Wildman–Crippen LogP) is 1.02. The summed E-state index contributed by atoms with van der Waals surface area (Å²) in [7, 11) is 1.75. The maximum atomic E-state index is 12.0. The molecule has 5 heteroatoms. The predicted molar refractivity (Wildman–Crippen MR) is 68.1 cm³/mol. The van der Waals surface area contributed by atoms with Gasteiger partial charge in [0.1, 0.15) is 0 Å². The average molecular weight is 251 g/mol. The number of rotatable bonds is 4. The lowest BCUT2D eigenvalue weighted by molar-refractivity contribution is -0.132. The van der Waals surface area contributed by atoms with Gasteiger partial charge in [0.2, 0.25) is 5.91 Å². The minimum atomic E-state index is -0.675. The number of aliphatic hydroxyl groups is 1. The molecule has 1 aliphatic rings. The highest BCUT2D eigenvalue weighted by atomic mass is 16.3. The molecule has 0 saturated heterocycles. The second-order valence-corrected chi connectivity index (χ2v) is 5.40. The third-order valence-electron chi connectivity index (χ3n) is 3.58. The SMILES string of the molecule is Cc1cc(CC(=O)N(C)CC2(O)CCCC2)n[nH]1. The number of aromatic amines is 1. The van der Waals surface area contributed by atoms with Crippen molar-refractivity contribution in [2.45, 2.75) is 44.6 Å². The quantitative estimate of drug-likeness (QED) is 0.839. The van der Waals surface area contributed by atoms with Gasteiger partial charge in [-0.3, -0.25) is 9.89 Å². The van der Waals surface area contributed by atoms with Crippen LogP contribution in [0, 0.1) is 6.92 Å². The number of nitrogens with one attached hydrogen (secondary N) is 1. The minimum Gasteiger partial charge on any atom is -0.388 e. The fourth-order valence-corrected chi connectivity index (χ4v) is 2.58. The monoisotopic (exact) mass is 251 g/mol. The second kappa shape index (κ2) is 5.10. The molecule has 0 spiro atoms. The number of likely N-dealkylation sites (N-methyl/N-ethyl adjacent to an activating group) is 1. The van der Waals surface area contributed by atoms with Crippen LogP contribution in [0.25, 0.3) is 0 Å². The van der Waals surface area contributed by atoms with Gasteiger partial charge < -0.3 is 10.0 Å². The van der Waals surface area contributed by atoms with E-state index in [0.29, 0.717) is 6.54 Å². The molecule has 0 bridgehead atoms. The van der Waals surface area contributed by atoms with Gasteiger partial charge in [0.05, 0.1) is 17.7 Å². The zero-order chi connectivity index (χ0) is 13.2. The Morgan fingerprint density at radius 2 is 2.22 bits per heavy atom. The number of nitrogens with zero attached hydrogens (tertiary/aromatic N) is 2. The molecule has 0 aromatic carbocycles. The van der Waals surface area contributed by atoms with Crippen molar-refractivity contribution < 1.29 is 9.90 Å². The highest BCUT2D eigenvalue weighted by Gasteiger charge is 2.33. The summed E-state index contributed by atoms with van der Waals surface area (Å²) in [5, 5.41) is 17.1. The van der Waals surface area contributed by atoms with E-state index in [0.717, 1.165) is 37.1 Å². The van der Waals surface area contributed by atoms with Gasteiger partial charge in [-0.2, -0.15) is 5.10 Å². The maximum absolute atomic E-state index is 12.0. The van der Waals surface area contributed by atoms with E-state index in [9.17, 15) is 9.90 Å². The second-order valence-electron chi connectivity index (χ2n) is 5.40. The van der Waals surface area contributed by atoms with Crippen molar-refractivity contribution in [1.29, 1.82) is 0 Å². The molecule has 0 unspecified atom stereocenters. The zero-order valence-corrected chi connectivity index (χ0v) is 11.1. The van der Waals surface area contributed by atoms with Gasteiger partial charge in [0, 0.05) is 19.3 Å². The highest BCUT2D eigenvalue weighted by Crippen LogP contribution is 2.29. The average Bonchev–Trinajstić information content (AvgIpc) is 2.88. The van der Waals surface area contributed by atoms with Crippen molar-refractivity contribution in [2.75, 3.05) is 13.6 Å². The molecule has 1 aromatic rings. The first-order chi connectivity index (χ1) is 8.48. The molecule has 2 rings (SSSR count). The fraction of sp³-hybridized carbons (Fsp3) is 0.692. The molecular formula is C13H21N3O2. The molecule has 100 valence electrons. The van der Waals surface area contributed by atoms with Crippen molar-refractivity contribution in [3.05, 3.63) is 17.5 Å². The van der Waals surface area contributed by atoms with Gasteiger partial charge in [-0.05, 0) is 25.8 Å². The van der Waals surface area contributed by atoms with Crippen LogP contribution in [-0.2, 0) is 11.2 Å². The van der Waals surface area contributed by atoms with E-state index in [1.807, 2.05) is 13.0 Å². The topological polar surface area (TPSA) is 69.2 Å². The Morgan fingerprint density at radius 1 is 1.56 bits per heavy atom. The van der Waals surface area contributed by atoms with Crippen LogP contribution in [0.4, 0.5) is 0 Å². The van der Waals surface area contributed by atoms with Crippen molar-refractivity contribution >= 4 is 5.91 Å². The first-order valence-corrected chi connectivity index (χ1v) is 6.46. The third kappa shape index (κ3) is 3.10. The molecule has 1 heterocycles. The lowest BCUT2D eigenvalue weighted by atomic mass is 10.0. The number of H-pyrrole nitrogens is 1. The van der Waals surface area contributed by atoms with E-state index >= 15 is 0 Å². The molecule has 1 amide bonds. The summed E-state index contributed by atoms with van der Waals surface area (Å²) in [6.45, 7) is 2.33. The summed E-state index contributed by atoms with van der Waals surface area (Å²) in [6.07, 6.45) is 3.99. The lowest BCUT2D eigenvalue weighted by Gasteiger charge is -2.28. The van der Waals surface area contributed by atoms with Gasteiger partial charge in [0.25, 0.3) is 0 Å². The van der Waals surface area contributed by atoms with E-state index in [1.165, 1.54) is 0 Å². The number of aromatic nitrogens is 2. The molecule has 2 N–H and O–H groups in total. The molecule has 0 aliphatic heterocycles. The Hall–Kier alpha value is -1.36. The Morgan fingerprint density at radius 3 is 2.78 bits per heavy atom.